The summed E-state index contributed by atoms with van der Waals surface area (Å²) in [5.41, 5.74) is 1.72. The Labute approximate surface area is 253 Å². The Morgan fingerprint density at radius 2 is 1.86 bits per heavy atom. The molecular weight excluding hydrogens is 566 g/mol. The maximum Gasteiger partial charge on any atom is 0.282 e. The van der Waals surface area contributed by atoms with Crippen molar-refractivity contribution in [2.75, 3.05) is 36.5 Å². The predicted molar refractivity (Wildman–Crippen MR) is 167 cm³/mol. The average Bonchev–Trinajstić information content (AvgIpc) is 2.97. The molecule has 0 bridgehead atoms. The third kappa shape index (κ3) is 4.40. The number of phenols is 1. The number of halogens is 2. The summed E-state index contributed by atoms with van der Waals surface area (Å²) < 4.78 is 32.7. The number of hydrogen-bond donors (Lipinski definition) is 1. The van der Waals surface area contributed by atoms with Gasteiger partial charge >= 0.3 is 0 Å². The normalized spacial score (nSPS) is 18.0. The van der Waals surface area contributed by atoms with Gasteiger partial charge in [0, 0.05) is 44.3 Å². The fourth-order valence-electron chi connectivity index (χ4n) is 6.60. The molecule has 228 valence electrons. The second kappa shape index (κ2) is 10.7. The minimum atomic E-state index is -0.851. The highest BCUT2D eigenvalue weighted by atomic mass is 19.1. The SMILES string of the molecule is C=CC(=O)N1C[C@@H]2CN(C)c3c(c4cc(F)c(-c5c(O)cccc5F)nc4n(-c4c(C)ccnc4C(C)C)c3=O)N2C[C@H]1C. The summed E-state index contributed by atoms with van der Waals surface area (Å²) >= 11 is 0. The van der Waals surface area contributed by atoms with Crippen LogP contribution in [0.1, 0.15) is 37.9 Å². The highest BCUT2D eigenvalue weighted by Crippen LogP contribution is 2.43. The number of hydrogen-bond acceptors (Lipinski definition) is 7. The number of aromatic hydroxyl groups is 1. The van der Waals surface area contributed by atoms with Gasteiger partial charge in [-0.05, 0) is 55.7 Å². The second-order valence-electron chi connectivity index (χ2n) is 11.9. The number of piperazine rings is 1. The van der Waals surface area contributed by atoms with Crippen LogP contribution in [0.3, 0.4) is 0 Å². The molecule has 9 nitrogen and oxygen atoms in total. The molecule has 0 aliphatic carbocycles. The minimum Gasteiger partial charge on any atom is -0.507 e. The van der Waals surface area contributed by atoms with Gasteiger partial charge in [-0.15, -0.1) is 0 Å². The Morgan fingerprint density at radius 3 is 2.55 bits per heavy atom. The molecule has 44 heavy (non-hydrogen) atoms. The Bertz CT molecular complexity index is 1890. The van der Waals surface area contributed by atoms with E-state index < -0.39 is 28.6 Å². The van der Waals surface area contributed by atoms with Crippen LogP contribution in [0.25, 0.3) is 28.0 Å². The lowest BCUT2D eigenvalue weighted by Gasteiger charge is -2.51. The fraction of sp³-hybridized carbons (Fsp3) is 0.333. The summed E-state index contributed by atoms with van der Waals surface area (Å²) in [4.78, 5) is 42.3. The number of aromatic nitrogens is 3. The third-order valence-corrected chi connectivity index (χ3v) is 8.66. The molecule has 3 aromatic heterocycles. The van der Waals surface area contributed by atoms with E-state index in [1.54, 1.807) is 24.2 Å². The van der Waals surface area contributed by atoms with E-state index >= 15 is 8.78 Å². The molecule has 11 heteroatoms. The summed E-state index contributed by atoms with van der Waals surface area (Å²) in [5.74, 6) is -2.42. The zero-order valence-electron chi connectivity index (χ0n) is 25.3. The van der Waals surface area contributed by atoms with Crippen LogP contribution in [0, 0.1) is 18.6 Å². The van der Waals surface area contributed by atoms with Crippen LogP contribution in [0.5, 0.6) is 5.75 Å². The molecule has 2 aliphatic rings. The maximum atomic E-state index is 16.1. The topological polar surface area (TPSA) is 94.8 Å². The van der Waals surface area contributed by atoms with Crippen LogP contribution < -0.4 is 15.4 Å². The number of benzene rings is 1. The molecule has 0 spiro atoms. The van der Waals surface area contributed by atoms with Gasteiger partial charge in [-0.3, -0.25) is 19.1 Å². The summed E-state index contributed by atoms with van der Waals surface area (Å²) in [5, 5.41) is 10.9. The van der Waals surface area contributed by atoms with E-state index in [1.165, 1.54) is 28.8 Å². The Morgan fingerprint density at radius 1 is 1.11 bits per heavy atom. The van der Waals surface area contributed by atoms with Crippen molar-refractivity contribution in [2.24, 2.45) is 0 Å². The lowest BCUT2D eigenvalue weighted by molar-refractivity contribution is -0.128. The van der Waals surface area contributed by atoms with E-state index in [-0.39, 0.29) is 35.1 Å². The molecule has 1 aromatic carbocycles. The zero-order chi connectivity index (χ0) is 31.6. The van der Waals surface area contributed by atoms with E-state index in [1.807, 2.05) is 32.6 Å². The number of aryl methyl sites for hydroxylation is 1. The van der Waals surface area contributed by atoms with Crippen LogP contribution >= 0.6 is 0 Å². The molecule has 1 saturated heterocycles. The van der Waals surface area contributed by atoms with Crippen molar-refractivity contribution in [1.29, 1.82) is 0 Å². The molecule has 5 heterocycles. The number of fused-ring (bicyclic) bond motifs is 5. The van der Waals surface area contributed by atoms with Crippen LogP contribution in [-0.4, -0.2) is 69.2 Å². The van der Waals surface area contributed by atoms with Gasteiger partial charge in [-0.1, -0.05) is 26.5 Å². The van der Waals surface area contributed by atoms with E-state index in [9.17, 15) is 14.7 Å². The molecule has 0 radical (unpaired) electrons. The molecule has 0 unspecified atom stereocenters. The Kier molecular flexibility index (Phi) is 7.14. The highest BCUT2D eigenvalue weighted by Gasteiger charge is 2.41. The number of carbonyl (C=O) groups is 1. The molecule has 0 saturated carbocycles. The van der Waals surface area contributed by atoms with Gasteiger partial charge in [0.2, 0.25) is 5.91 Å². The van der Waals surface area contributed by atoms with Crippen molar-refractivity contribution >= 4 is 28.3 Å². The lowest BCUT2D eigenvalue weighted by atomic mass is 9.98. The van der Waals surface area contributed by atoms with Crippen LogP contribution in [0.2, 0.25) is 0 Å². The first-order valence-electron chi connectivity index (χ1n) is 14.6. The van der Waals surface area contributed by atoms with Crippen molar-refractivity contribution in [3.63, 3.8) is 0 Å². The number of rotatable bonds is 4. The second-order valence-corrected chi connectivity index (χ2v) is 11.9. The highest BCUT2D eigenvalue weighted by molar-refractivity contribution is 6.00. The van der Waals surface area contributed by atoms with Gasteiger partial charge < -0.3 is 19.8 Å². The van der Waals surface area contributed by atoms with Crippen molar-refractivity contribution in [1.82, 2.24) is 19.4 Å². The van der Waals surface area contributed by atoms with E-state index in [0.717, 1.165) is 11.6 Å². The quantitative estimate of drug-likeness (QED) is 0.333. The standard InChI is InChI=1S/C33H34F2N6O3/c1-7-25(43)39-16-20-15-38(6)31-30(40(20)14-19(39)5)21-13-23(35)28(26-22(34)9-8-10-24(26)42)37-32(21)41(33(31)44)29-18(4)11-12-36-27(29)17(2)3/h7-13,17,19-20,42H,1,14-16H2,2-6H3/t19-,20+/m1/s1. The predicted octanol–water partition coefficient (Wildman–Crippen LogP) is 4.90. The van der Waals surface area contributed by atoms with Gasteiger partial charge in [0.05, 0.1) is 28.7 Å². The molecule has 1 fully saturated rings. The van der Waals surface area contributed by atoms with Gasteiger partial charge in [-0.25, -0.2) is 13.8 Å². The molecule has 1 amide bonds. The monoisotopic (exact) mass is 600 g/mol. The number of phenolic OH excluding ortho intramolecular Hbond substituents is 1. The van der Waals surface area contributed by atoms with Crippen molar-refractivity contribution in [2.45, 2.75) is 45.7 Å². The molecule has 2 aliphatic heterocycles. The van der Waals surface area contributed by atoms with Crippen molar-refractivity contribution in [3.8, 4) is 22.7 Å². The number of amides is 1. The van der Waals surface area contributed by atoms with Crippen LogP contribution in [-0.2, 0) is 4.79 Å². The first kappa shape index (κ1) is 29.3. The first-order valence-corrected chi connectivity index (χ1v) is 14.6. The lowest BCUT2D eigenvalue weighted by Crippen LogP contribution is -2.64. The largest absolute Gasteiger partial charge is 0.507 e. The Balaban J connectivity index is 1.73. The van der Waals surface area contributed by atoms with E-state index in [4.69, 9.17) is 0 Å². The summed E-state index contributed by atoms with van der Waals surface area (Å²) in [7, 11) is 1.81. The van der Waals surface area contributed by atoms with Crippen LogP contribution in [0.4, 0.5) is 20.2 Å². The Hall–Kier alpha value is -4.80. The molecule has 4 aromatic rings. The molecule has 6 rings (SSSR count). The fourth-order valence-corrected chi connectivity index (χ4v) is 6.60. The number of nitrogens with zero attached hydrogens (tertiary/aromatic N) is 6. The number of pyridine rings is 3. The summed E-state index contributed by atoms with van der Waals surface area (Å²) in [6.07, 6.45) is 2.97. The van der Waals surface area contributed by atoms with Gasteiger partial charge in [0.15, 0.2) is 11.5 Å². The van der Waals surface area contributed by atoms with Gasteiger partial charge in [-0.2, -0.15) is 0 Å². The van der Waals surface area contributed by atoms with E-state index in [0.29, 0.717) is 47.8 Å². The third-order valence-electron chi connectivity index (χ3n) is 8.66. The number of carbonyl (C=O) groups excluding carboxylic acids is 1. The van der Waals surface area contributed by atoms with Crippen LogP contribution in [0.15, 0.2) is 54.0 Å². The molecular formula is C33H34F2N6O3. The number of likely N-dealkylation sites (N-methyl/N-ethyl adjacent to an activating group) is 1. The average molecular weight is 601 g/mol. The smallest absolute Gasteiger partial charge is 0.282 e. The first-order chi connectivity index (χ1) is 20.9. The summed E-state index contributed by atoms with van der Waals surface area (Å²) in [6, 6.07) is 6.34. The van der Waals surface area contributed by atoms with Gasteiger partial charge in [0.1, 0.15) is 22.9 Å². The zero-order valence-corrected chi connectivity index (χ0v) is 25.3. The van der Waals surface area contributed by atoms with Crippen molar-refractivity contribution < 1.29 is 18.7 Å². The van der Waals surface area contributed by atoms with Gasteiger partial charge in [0.25, 0.3) is 5.56 Å². The maximum absolute atomic E-state index is 16.1. The number of anilines is 2. The van der Waals surface area contributed by atoms with E-state index in [2.05, 4.69) is 21.4 Å². The molecule has 2 atom stereocenters. The molecule has 1 N–H and O–H groups in total. The minimum absolute atomic E-state index is 0.0724. The van der Waals surface area contributed by atoms with Crippen molar-refractivity contribution in [3.05, 3.63) is 82.4 Å². The summed E-state index contributed by atoms with van der Waals surface area (Å²) in [6.45, 7) is 12.6.